The lowest BCUT2D eigenvalue weighted by Crippen LogP contribution is -2.46. The van der Waals surface area contributed by atoms with Crippen molar-refractivity contribution < 1.29 is 17.7 Å². The van der Waals surface area contributed by atoms with Crippen molar-refractivity contribution in [3.63, 3.8) is 0 Å². The molecular weight excluding hydrogens is 404 g/mol. The predicted octanol–water partition coefficient (Wildman–Crippen LogP) is 2.53. The number of carbonyl (C=O) groups is 1. The molecule has 0 saturated carbocycles. The Morgan fingerprint density at radius 3 is 2.33 bits per heavy atom. The van der Waals surface area contributed by atoms with E-state index in [1.165, 1.54) is 16.4 Å². The van der Waals surface area contributed by atoms with E-state index in [2.05, 4.69) is 15.4 Å². The largest absolute Gasteiger partial charge is 0.350 e. The van der Waals surface area contributed by atoms with Gasteiger partial charge in [-0.3, -0.25) is 4.79 Å². The highest BCUT2D eigenvalue weighted by molar-refractivity contribution is 7.89. The van der Waals surface area contributed by atoms with Crippen LogP contribution >= 0.6 is 0 Å². The zero-order chi connectivity index (χ0) is 21.1. The lowest BCUT2D eigenvalue weighted by Gasteiger charge is -2.31. The maximum Gasteiger partial charge on any atom is 0.294 e. The monoisotopic (exact) mass is 426 g/mol. The molecule has 0 unspecified atom stereocenters. The quantitative estimate of drug-likeness (QED) is 0.674. The molecule has 0 radical (unpaired) electrons. The van der Waals surface area contributed by atoms with E-state index in [0.29, 0.717) is 37.6 Å². The second kappa shape index (κ2) is 8.39. The predicted molar refractivity (Wildman–Crippen MR) is 113 cm³/mol. The van der Waals surface area contributed by atoms with Crippen LogP contribution in [0.25, 0.3) is 11.3 Å². The average molecular weight is 426 g/mol. The second-order valence-electron chi connectivity index (χ2n) is 7.13. The van der Waals surface area contributed by atoms with E-state index in [1.54, 1.807) is 18.2 Å². The highest BCUT2D eigenvalue weighted by atomic mass is 32.2. The molecule has 3 aromatic rings. The molecule has 1 N–H and O–H groups in total. The molecule has 0 spiro atoms. The molecule has 0 bridgehead atoms. The van der Waals surface area contributed by atoms with E-state index < -0.39 is 15.9 Å². The number of likely N-dealkylation sites (N-methyl/N-ethyl adjacent to an activating group) is 1. The van der Waals surface area contributed by atoms with Gasteiger partial charge in [0.25, 0.3) is 5.91 Å². The summed E-state index contributed by atoms with van der Waals surface area (Å²) in [7, 11) is -1.57. The first-order valence-corrected chi connectivity index (χ1v) is 11.0. The molecule has 2 aromatic carbocycles. The van der Waals surface area contributed by atoms with Gasteiger partial charge in [-0.15, -0.1) is 0 Å². The lowest BCUT2D eigenvalue weighted by atomic mass is 10.1. The molecule has 2 heterocycles. The normalized spacial score (nSPS) is 15.8. The smallest absolute Gasteiger partial charge is 0.294 e. The Labute approximate surface area is 175 Å². The highest BCUT2D eigenvalue weighted by Gasteiger charge is 2.27. The average Bonchev–Trinajstić information content (AvgIpc) is 3.26. The summed E-state index contributed by atoms with van der Waals surface area (Å²) in [4.78, 5) is 14.7. The third-order valence-corrected chi connectivity index (χ3v) is 6.93. The van der Waals surface area contributed by atoms with Gasteiger partial charge in [-0.1, -0.05) is 35.5 Å². The van der Waals surface area contributed by atoms with Crippen molar-refractivity contribution in [2.75, 3.05) is 38.5 Å². The van der Waals surface area contributed by atoms with Crippen molar-refractivity contribution in [3.05, 3.63) is 66.4 Å². The number of carbonyl (C=O) groups excluding carboxylic acids is 1. The molecule has 1 aromatic heterocycles. The minimum Gasteiger partial charge on any atom is -0.350 e. The molecule has 1 saturated heterocycles. The van der Waals surface area contributed by atoms with Crippen molar-refractivity contribution in [1.82, 2.24) is 14.4 Å². The summed E-state index contributed by atoms with van der Waals surface area (Å²) in [5.41, 5.74) is 1.88. The Kier molecular flexibility index (Phi) is 5.67. The summed E-state index contributed by atoms with van der Waals surface area (Å²) >= 11 is 0. The van der Waals surface area contributed by atoms with Gasteiger partial charge in [0.2, 0.25) is 15.8 Å². The number of hydrogen-bond donors (Lipinski definition) is 1. The molecule has 1 aliphatic heterocycles. The topological polar surface area (TPSA) is 95.8 Å². The van der Waals surface area contributed by atoms with E-state index in [1.807, 2.05) is 37.4 Å². The van der Waals surface area contributed by atoms with Gasteiger partial charge >= 0.3 is 0 Å². The summed E-state index contributed by atoms with van der Waals surface area (Å²) in [6, 6.07) is 17.1. The summed E-state index contributed by atoms with van der Waals surface area (Å²) in [5.74, 6) is -0.387. The molecule has 156 valence electrons. The van der Waals surface area contributed by atoms with Gasteiger partial charge in [0, 0.05) is 43.5 Å². The summed E-state index contributed by atoms with van der Waals surface area (Å²) in [6.45, 7) is 2.34. The lowest BCUT2D eigenvalue weighted by molar-refractivity contribution is 0.0988. The van der Waals surface area contributed by atoms with Gasteiger partial charge in [0.05, 0.1) is 4.90 Å². The number of benzene rings is 2. The molecule has 8 nitrogen and oxygen atoms in total. The molecule has 0 aliphatic carbocycles. The number of nitrogens with one attached hydrogen (secondary N) is 1. The zero-order valence-electron chi connectivity index (χ0n) is 16.5. The number of hydrogen-bond acceptors (Lipinski definition) is 6. The zero-order valence-corrected chi connectivity index (χ0v) is 17.3. The van der Waals surface area contributed by atoms with Gasteiger partial charge in [0.15, 0.2) is 0 Å². The highest BCUT2D eigenvalue weighted by Crippen LogP contribution is 2.22. The van der Waals surface area contributed by atoms with Crippen LogP contribution in [-0.2, 0) is 10.0 Å². The van der Waals surface area contributed by atoms with Crippen LogP contribution < -0.4 is 5.32 Å². The summed E-state index contributed by atoms with van der Waals surface area (Å²) < 4.78 is 32.2. The van der Waals surface area contributed by atoms with E-state index in [0.717, 1.165) is 5.56 Å². The number of sulfonamides is 1. The fourth-order valence-corrected chi connectivity index (χ4v) is 4.63. The first kappa shape index (κ1) is 20.3. The van der Waals surface area contributed by atoms with Gasteiger partial charge in [-0.05, 0) is 31.3 Å². The van der Waals surface area contributed by atoms with E-state index in [4.69, 9.17) is 4.52 Å². The van der Waals surface area contributed by atoms with E-state index in [9.17, 15) is 13.2 Å². The molecule has 30 heavy (non-hydrogen) atoms. The van der Waals surface area contributed by atoms with Crippen LogP contribution in [0.1, 0.15) is 10.6 Å². The van der Waals surface area contributed by atoms with Crippen LogP contribution in [0.4, 0.5) is 5.69 Å². The SMILES string of the molecule is CN1CCN(S(=O)(=O)c2ccc(NC(=O)c3cc(-c4ccccc4)no3)cc2)CC1. The molecular formula is C21H22N4O4S. The van der Waals surface area contributed by atoms with Crippen molar-refractivity contribution in [2.24, 2.45) is 0 Å². The maximum absolute atomic E-state index is 12.8. The Bertz CT molecular complexity index is 1120. The third-order valence-electron chi connectivity index (χ3n) is 5.02. The van der Waals surface area contributed by atoms with Crippen LogP contribution in [0.3, 0.4) is 0 Å². The van der Waals surface area contributed by atoms with E-state index in [-0.39, 0.29) is 10.7 Å². The Morgan fingerprint density at radius 2 is 1.67 bits per heavy atom. The number of rotatable bonds is 5. The molecule has 4 rings (SSSR count). The van der Waals surface area contributed by atoms with Gasteiger partial charge in [0.1, 0.15) is 5.69 Å². The van der Waals surface area contributed by atoms with Crippen molar-refractivity contribution in [1.29, 1.82) is 0 Å². The number of piperazine rings is 1. The summed E-state index contributed by atoms with van der Waals surface area (Å²) in [6.07, 6.45) is 0. The third kappa shape index (κ3) is 4.28. The maximum atomic E-state index is 12.8. The number of nitrogens with zero attached hydrogens (tertiary/aromatic N) is 3. The van der Waals surface area contributed by atoms with Gasteiger partial charge in [-0.2, -0.15) is 4.31 Å². The van der Waals surface area contributed by atoms with Crippen LogP contribution in [0.15, 0.2) is 70.1 Å². The molecule has 9 heteroatoms. The Morgan fingerprint density at radius 1 is 1.00 bits per heavy atom. The Hall–Kier alpha value is -3.01. The fraction of sp³-hybridized carbons (Fsp3) is 0.238. The first-order chi connectivity index (χ1) is 14.4. The molecule has 1 fully saturated rings. The van der Waals surface area contributed by atoms with Crippen molar-refractivity contribution in [2.45, 2.75) is 4.90 Å². The van der Waals surface area contributed by atoms with Crippen molar-refractivity contribution in [3.8, 4) is 11.3 Å². The second-order valence-corrected chi connectivity index (χ2v) is 9.07. The van der Waals surface area contributed by atoms with Crippen molar-refractivity contribution >= 4 is 21.6 Å². The van der Waals surface area contributed by atoms with E-state index >= 15 is 0 Å². The van der Waals surface area contributed by atoms with Gasteiger partial charge in [-0.25, -0.2) is 8.42 Å². The molecule has 1 amide bonds. The molecule has 0 atom stereocenters. The van der Waals surface area contributed by atoms with Crippen LogP contribution in [-0.4, -0.2) is 61.9 Å². The van der Waals surface area contributed by atoms with Gasteiger partial charge < -0.3 is 14.7 Å². The minimum absolute atomic E-state index is 0.0722. The van der Waals surface area contributed by atoms with Crippen LogP contribution in [0, 0.1) is 0 Å². The number of amides is 1. The first-order valence-electron chi connectivity index (χ1n) is 9.56. The molecule has 1 aliphatic rings. The summed E-state index contributed by atoms with van der Waals surface area (Å²) in [5, 5.41) is 6.63. The van der Waals surface area contributed by atoms with Crippen LogP contribution in [0.5, 0.6) is 0 Å². The standard InChI is InChI=1S/C21H22N4O4S/c1-24-11-13-25(14-12-24)30(27,28)18-9-7-17(8-10-18)22-21(26)20-15-19(23-29-20)16-5-3-2-4-6-16/h2-10,15H,11-14H2,1H3,(H,22,26). The minimum atomic E-state index is -3.54. The fourth-order valence-electron chi connectivity index (χ4n) is 3.21. The van der Waals surface area contributed by atoms with Crippen LogP contribution in [0.2, 0.25) is 0 Å². The Balaban J connectivity index is 1.43. The number of aromatic nitrogens is 1. The number of anilines is 1.